The van der Waals surface area contributed by atoms with Gasteiger partial charge in [0.25, 0.3) is 0 Å². The normalized spacial score (nSPS) is 13.5. The van der Waals surface area contributed by atoms with Crippen molar-refractivity contribution in [3.05, 3.63) is 52.7 Å². The van der Waals surface area contributed by atoms with E-state index in [1.807, 2.05) is 26.0 Å². The second-order valence-corrected chi connectivity index (χ2v) is 6.55. The Morgan fingerprint density at radius 1 is 1.08 bits per heavy atom. The molecule has 0 radical (unpaired) electrons. The van der Waals surface area contributed by atoms with Crippen LogP contribution in [0.1, 0.15) is 41.3 Å². The number of fused-ring (bicyclic) bond motifs is 1. The summed E-state index contributed by atoms with van der Waals surface area (Å²) in [4.78, 5) is 13.6. The monoisotopic (exact) mass is 334 g/mol. The van der Waals surface area contributed by atoms with Crippen LogP contribution < -0.4 is 5.32 Å². The molecular formula is C19H22N6. The highest BCUT2D eigenvalue weighted by atomic mass is 15.2. The fourth-order valence-electron chi connectivity index (χ4n) is 3.34. The predicted octanol–water partition coefficient (Wildman–Crippen LogP) is 3.37. The zero-order valence-electron chi connectivity index (χ0n) is 14.6. The maximum absolute atomic E-state index is 4.63. The topological polar surface area (TPSA) is 79.4 Å². The lowest BCUT2D eigenvalue weighted by Gasteiger charge is -2.19. The minimum Gasteiger partial charge on any atom is -0.366 e. The van der Waals surface area contributed by atoms with Gasteiger partial charge < -0.3 is 5.32 Å². The average Bonchev–Trinajstić information content (AvgIpc) is 3.06. The van der Waals surface area contributed by atoms with Crippen molar-refractivity contribution in [3.8, 4) is 11.4 Å². The minimum absolute atomic E-state index is 0.722. The van der Waals surface area contributed by atoms with Gasteiger partial charge in [0.15, 0.2) is 5.82 Å². The Morgan fingerprint density at radius 3 is 2.80 bits per heavy atom. The number of nitrogens with zero attached hydrogens (tertiary/aromatic N) is 4. The molecule has 2 aromatic heterocycles. The molecule has 0 saturated carbocycles. The molecule has 1 aromatic carbocycles. The summed E-state index contributed by atoms with van der Waals surface area (Å²) < 4.78 is 0. The Balaban J connectivity index is 1.55. The van der Waals surface area contributed by atoms with Gasteiger partial charge >= 0.3 is 0 Å². The molecule has 0 fully saturated rings. The van der Waals surface area contributed by atoms with Gasteiger partial charge in [0.2, 0.25) is 0 Å². The maximum atomic E-state index is 4.63. The van der Waals surface area contributed by atoms with Crippen LogP contribution in [0, 0.1) is 13.8 Å². The SMILES string of the molecule is Cc1nc2c(c(NCc3cccc(-c4n[nH]c(C)n4)c3)n1)CCCC2. The van der Waals surface area contributed by atoms with Crippen molar-refractivity contribution < 1.29 is 0 Å². The first-order valence-corrected chi connectivity index (χ1v) is 8.77. The largest absolute Gasteiger partial charge is 0.366 e. The van der Waals surface area contributed by atoms with E-state index in [1.54, 1.807) is 0 Å². The molecule has 6 nitrogen and oxygen atoms in total. The Morgan fingerprint density at radius 2 is 1.96 bits per heavy atom. The highest BCUT2D eigenvalue weighted by Crippen LogP contribution is 2.26. The molecule has 0 amide bonds. The summed E-state index contributed by atoms with van der Waals surface area (Å²) in [5, 5.41) is 10.6. The molecule has 1 aliphatic carbocycles. The van der Waals surface area contributed by atoms with Gasteiger partial charge in [0, 0.05) is 23.4 Å². The van der Waals surface area contributed by atoms with Gasteiger partial charge in [-0.2, -0.15) is 5.10 Å². The third kappa shape index (κ3) is 3.38. The van der Waals surface area contributed by atoms with Crippen molar-refractivity contribution in [2.75, 3.05) is 5.32 Å². The summed E-state index contributed by atoms with van der Waals surface area (Å²) >= 11 is 0. The number of hydrogen-bond acceptors (Lipinski definition) is 5. The second kappa shape index (κ2) is 6.63. The molecule has 3 aromatic rings. The molecule has 2 heterocycles. The molecular weight excluding hydrogens is 312 g/mol. The van der Waals surface area contributed by atoms with Crippen LogP contribution in [0.5, 0.6) is 0 Å². The van der Waals surface area contributed by atoms with Crippen LogP contribution in [0.3, 0.4) is 0 Å². The molecule has 1 aliphatic rings. The lowest BCUT2D eigenvalue weighted by atomic mass is 9.96. The second-order valence-electron chi connectivity index (χ2n) is 6.55. The van der Waals surface area contributed by atoms with Gasteiger partial charge in [-0.1, -0.05) is 18.2 Å². The predicted molar refractivity (Wildman–Crippen MR) is 97.3 cm³/mol. The van der Waals surface area contributed by atoms with Crippen molar-refractivity contribution in [1.82, 2.24) is 25.1 Å². The van der Waals surface area contributed by atoms with Gasteiger partial charge in [-0.3, -0.25) is 5.10 Å². The molecule has 0 unspecified atom stereocenters. The van der Waals surface area contributed by atoms with Crippen LogP contribution in [0.4, 0.5) is 5.82 Å². The molecule has 25 heavy (non-hydrogen) atoms. The number of H-pyrrole nitrogens is 1. The van der Waals surface area contributed by atoms with E-state index in [9.17, 15) is 0 Å². The van der Waals surface area contributed by atoms with E-state index < -0.39 is 0 Å². The number of nitrogens with one attached hydrogen (secondary N) is 2. The van der Waals surface area contributed by atoms with Crippen LogP contribution >= 0.6 is 0 Å². The van der Waals surface area contributed by atoms with Crippen molar-refractivity contribution >= 4 is 5.82 Å². The summed E-state index contributed by atoms with van der Waals surface area (Å²) in [5.74, 6) is 3.38. The Bertz CT molecular complexity index is 899. The van der Waals surface area contributed by atoms with E-state index in [0.717, 1.165) is 48.2 Å². The van der Waals surface area contributed by atoms with Crippen molar-refractivity contribution in [3.63, 3.8) is 0 Å². The molecule has 4 rings (SSSR count). The summed E-state index contributed by atoms with van der Waals surface area (Å²) in [6.45, 7) is 4.59. The van der Waals surface area contributed by atoms with Gasteiger partial charge in [-0.05, 0) is 51.2 Å². The Hall–Kier alpha value is -2.76. The summed E-state index contributed by atoms with van der Waals surface area (Å²) in [6.07, 6.45) is 4.57. The van der Waals surface area contributed by atoms with Crippen molar-refractivity contribution in [2.45, 2.75) is 46.1 Å². The number of aromatic nitrogens is 5. The number of rotatable bonds is 4. The highest BCUT2D eigenvalue weighted by molar-refractivity contribution is 5.56. The third-order valence-corrected chi connectivity index (χ3v) is 4.54. The fraction of sp³-hybridized carbons (Fsp3) is 0.368. The summed E-state index contributed by atoms with van der Waals surface area (Å²) in [7, 11) is 0. The van der Waals surface area contributed by atoms with Gasteiger partial charge in [-0.15, -0.1) is 0 Å². The molecule has 2 N–H and O–H groups in total. The maximum Gasteiger partial charge on any atom is 0.181 e. The Labute approximate surface area is 147 Å². The first-order chi connectivity index (χ1) is 12.2. The first-order valence-electron chi connectivity index (χ1n) is 8.77. The standard InChI is InChI=1S/C19H22N6/c1-12-21-17-9-4-3-8-16(17)19(22-12)20-11-14-6-5-7-15(10-14)18-23-13(2)24-25-18/h5-7,10H,3-4,8-9,11H2,1-2H3,(H,20,21,22)(H,23,24,25). The van der Waals surface area contributed by atoms with E-state index in [4.69, 9.17) is 0 Å². The van der Waals surface area contributed by atoms with Gasteiger partial charge in [0.1, 0.15) is 17.5 Å². The summed E-state index contributed by atoms with van der Waals surface area (Å²) in [5.41, 5.74) is 4.70. The van der Waals surface area contributed by atoms with E-state index in [2.05, 4.69) is 42.6 Å². The quantitative estimate of drug-likeness (QED) is 0.765. The number of hydrogen-bond donors (Lipinski definition) is 2. The zero-order chi connectivity index (χ0) is 17.2. The average molecular weight is 334 g/mol. The van der Waals surface area contributed by atoms with Gasteiger partial charge in [0.05, 0.1) is 0 Å². The number of aromatic amines is 1. The molecule has 128 valence electrons. The van der Waals surface area contributed by atoms with E-state index in [1.165, 1.54) is 29.7 Å². The Kier molecular flexibility index (Phi) is 4.17. The minimum atomic E-state index is 0.722. The molecule has 0 saturated heterocycles. The van der Waals surface area contributed by atoms with Crippen LogP contribution in [-0.4, -0.2) is 25.1 Å². The first kappa shape index (κ1) is 15.7. The van der Waals surface area contributed by atoms with E-state index in [0.29, 0.717) is 0 Å². The van der Waals surface area contributed by atoms with Crippen molar-refractivity contribution in [1.29, 1.82) is 0 Å². The molecule has 0 aliphatic heterocycles. The number of aryl methyl sites for hydroxylation is 3. The molecule has 0 spiro atoms. The number of anilines is 1. The molecule has 0 atom stereocenters. The summed E-state index contributed by atoms with van der Waals surface area (Å²) in [6, 6.07) is 8.30. The molecule has 0 bridgehead atoms. The lowest BCUT2D eigenvalue weighted by molar-refractivity contribution is 0.659. The van der Waals surface area contributed by atoms with Gasteiger partial charge in [-0.25, -0.2) is 15.0 Å². The van der Waals surface area contributed by atoms with Crippen LogP contribution in [0.25, 0.3) is 11.4 Å². The number of benzene rings is 1. The zero-order valence-corrected chi connectivity index (χ0v) is 14.6. The smallest absolute Gasteiger partial charge is 0.181 e. The van der Waals surface area contributed by atoms with Crippen LogP contribution in [-0.2, 0) is 19.4 Å². The van der Waals surface area contributed by atoms with E-state index >= 15 is 0 Å². The van der Waals surface area contributed by atoms with Crippen molar-refractivity contribution in [2.24, 2.45) is 0 Å². The molecule has 6 heteroatoms. The highest BCUT2D eigenvalue weighted by Gasteiger charge is 2.16. The van der Waals surface area contributed by atoms with E-state index in [-0.39, 0.29) is 0 Å². The lowest BCUT2D eigenvalue weighted by Crippen LogP contribution is -2.13. The third-order valence-electron chi connectivity index (χ3n) is 4.54. The fourth-order valence-corrected chi connectivity index (χ4v) is 3.34. The van der Waals surface area contributed by atoms with Crippen LogP contribution in [0.2, 0.25) is 0 Å². The van der Waals surface area contributed by atoms with Crippen LogP contribution in [0.15, 0.2) is 24.3 Å².